The van der Waals surface area contributed by atoms with Gasteiger partial charge in [0.25, 0.3) is 0 Å². The van der Waals surface area contributed by atoms with Crippen molar-refractivity contribution in [1.82, 2.24) is 4.57 Å². The van der Waals surface area contributed by atoms with E-state index in [9.17, 15) is 0 Å². The van der Waals surface area contributed by atoms with Crippen molar-refractivity contribution < 1.29 is 0 Å². The fourth-order valence-corrected chi connectivity index (χ4v) is 15.9. The number of para-hydroxylation sites is 4. The summed E-state index contributed by atoms with van der Waals surface area (Å²) >= 11 is 0. The Morgan fingerprint density at radius 3 is 1.55 bits per heavy atom. The fraction of sp³-hybridized carbons (Fsp3) is 0.0238. The lowest BCUT2D eigenvalue weighted by molar-refractivity contribution is 0.749. The Hall–Kier alpha value is -11.1. The minimum Gasteiger partial charge on any atom is -0.309 e. The highest BCUT2D eigenvalue weighted by atomic mass is 15.2. The van der Waals surface area contributed by atoms with Gasteiger partial charge in [-0.15, -0.1) is 0 Å². The van der Waals surface area contributed by atoms with Crippen LogP contribution in [0.3, 0.4) is 0 Å². The summed E-state index contributed by atoms with van der Waals surface area (Å²) in [7, 11) is 0. The van der Waals surface area contributed by atoms with Gasteiger partial charge in [-0.2, -0.15) is 0 Å². The molecule has 0 saturated carbocycles. The number of benzene rings is 14. The summed E-state index contributed by atoms with van der Waals surface area (Å²) in [6.07, 6.45) is 0. The molecule has 86 heavy (non-hydrogen) atoms. The predicted molar refractivity (Wildman–Crippen MR) is 357 cm³/mol. The summed E-state index contributed by atoms with van der Waals surface area (Å²) < 4.78 is 2.53. The van der Waals surface area contributed by atoms with E-state index in [4.69, 9.17) is 0 Å². The van der Waals surface area contributed by atoms with Crippen LogP contribution in [0.15, 0.2) is 328 Å². The first-order chi connectivity index (χ1) is 42.7. The van der Waals surface area contributed by atoms with Crippen molar-refractivity contribution in [3.05, 3.63) is 372 Å². The third-order valence-corrected chi connectivity index (χ3v) is 19.3. The third kappa shape index (κ3) is 6.61. The molecule has 0 bridgehead atoms. The van der Waals surface area contributed by atoms with Gasteiger partial charge in [-0.25, -0.2) is 0 Å². The number of fused-ring (bicyclic) bond motifs is 16. The summed E-state index contributed by atoms with van der Waals surface area (Å²) in [5.41, 5.74) is 28.2. The van der Waals surface area contributed by atoms with Crippen molar-refractivity contribution in [2.75, 3.05) is 4.90 Å². The molecular weight excluding hydrogens is 1040 g/mol. The molecular formula is C84H54N2. The van der Waals surface area contributed by atoms with Gasteiger partial charge in [0.15, 0.2) is 0 Å². The van der Waals surface area contributed by atoms with Crippen LogP contribution >= 0.6 is 0 Å². The van der Waals surface area contributed by atoms with Crippen LogP contribution < -0.4 is 4.90 Å². The molecule has 15 aromatic rings. The van der Waals surface area contributed by atoms with Crippen molar-refractivity contribution >= 4 is 49.6 Å². The molecule has 0 N–H and O–H groups in total. The average Bonchev–Trinajstić information content (AvgIpc) is 1.49. The molecule has 18 rings (SSSR count). The van der Waals surface area contributed by atoms with E-state index in [1.165, 1.54) is 122 Å². The van der Waals surface area contributed by atoms with Crippen LogP contribution in [0.25, 0.3) is 93.9 Å². The first-order valence-corrected chi connectivity index (χ1v) is 30.0. The molecule has 1 spiro atoms. The van der Waals surface area contributed by atoms with Gasteiger partial charge in [0, 0.05) is 27.3 Å². The van der Waals surface area contributed by atoms with Gasteiger partial charge in [-0.05, 0) is 137 Å². The van der Waals surface area contributed by atoms with E-state index < -0.39 is 10.8 Å². The van der Waals surface area contributed by atoms with E-state index in [-0.39, 0.29) is 0 Å². The zero-order chi connectivity index (χ0) is 56.5. The predicted octanol–water partition coefficient (Wildman–Crippen LogP) is 21.4. The van der Waals surface area contributed by atoms with Gasteiger partial charge in [0.1, 0.15) is 0 Å². The van der Waals surface area contributed by atoms with E-state index in [0.717, 1.165) is 33.6 Å². The Labute approximate surface area is 500 Å². The number of anilines is 3. The lowest BCUT2D eigenvalue weighted by Crippen LogP contribution is -2.33. The summed E-state index contributed by atoms with van der Waals surface area (Å²) in [5, 5.41) is 4.90. The molecule has 2 nitrogen and oxygen atoms in total. The summed E-state index contributed by atoms with van der Waals surface area (Å²) in [4.78, 5) is 2.59. The minimum atomic E-state index is -0.586. The van der Waals surface area contributed by atoms with Gasteiger partial charge in [-0.1, -0.05) is 285 Å². The number of hydrogen-bond acceptors (Lipinski definition) is 1. The average molecular weight is 1090 g/mol. The molecule has 0 radical (unpaired) electrons. The molecule has 0 fully saturated rings. The largest absolute Gasteiger partial charge is 0.309 e. The standard InChI is InChI=1S/C84H54N2/c1-4-25-55(26-5-1)56-27-22-28-57(53-56)62-33-14-19-45-76(62)85(80-48-24-43-73-81(80)69-38-13-17-41-71(69)83(73,59-29-6-2-7-30-59)60-31-8-3-9-32-60)78-52-51-61(63-34-10-11-36-66(63)78)58-49-50-65-64-35-12-16-40-70(64)84(75(65)54-58)72-42-18-21-47-79(72)86-77-46-20-15-37-67(77)68-39-23-44-74(84)82(68)86/h1-54H. The highest BCUT2D eigenvalue weighted by Gasteiger charge is 2.51. The van der Waals surface area contributed by atoms with Gasteiger partial charge >= 0.3 is 0 Å². The van der Waals surface area contributed by atoms with Gasteiger partial charge in [0.2, 0.25) is 0 Å². The van der Waals surface area contributed by atoms with Crippen LogP contribution in [0, 0.1) is 0 Å². The van der Waals surface area contributed by atoms with Crippen LogP contribution in [-0.2, 0) is 10.8 Å². The summed E-state index contributed by atoms with van der Waals surface area (Å²) in [6, 6.07) is 123. The van der Waals surface area contributed by atoms with Gasteiger partial charge in [-0.3, -0.25) is 0 Å². The highest BCUT2D eigenvalue weighted by Crippen LogP contribution is 2.63. The second-order valence-electron chi connectivity index (χ2n) is 23.3. The Morgan fingerprint density at radius 2 is 0.756 bits per heavy atom. The zero-order valence-electron chi connectivity index (χ0n) is 47.1. The zero-order valence-corrected chi connectivity index (χ0v) is 47.1. The smallest absolute Gasteiger partial charge is 0.0754 e. The molecule has 2 heterocycles. The quantitative estimate of drug-likeness (QED) is 0.147. The monoisotopic (exact) mass is 1090 g/mol. The van der Waals surface area contributed by atoms with E-state index >= 15 is 0 Å². The second kappa shape index (κ2) is 18.7. The first-order valence-electron chi connectivity index (χ1n) is 30.0. The Morgan fingerprint density at radius 1 is 0.244 bits per heavy atom. The summed E-state index contributed by atoms with van der Waals surface area (Å²) in [5.74, 6) is 0. The van der Waals surface area contributed by atoms with Crippen molar-refractivity contribution in [3.63, 3.8) is 0 Å². The van der Waals surface area contributed by atoms with Gasteiger partial charge < -0.3 is 9.47 Å². The molecule has 2 heteroatoms. The molecule has 1 aromatic heterocycles. The molecule has 1 unspecified atom stereocenters. The number of aromatic nitrogens is 1. The van der Waals surface area contributed by atoms with E-state index in [1.807, 2.05) is 0 Å². The van der Waals surface area contributed by atoms with Crippen molar-refractivity contribution in [2.24, 2.45) is 0 Å². The fourth-order valence-electron chi connectivity index (χ4n) is 15.9. The Bertz CT molecular complexity index is 5210. The van der Waals surface area contributed by atoms with Crippen LogP contribution in [0.2, 0.25) is 0 Å². The van der Waals surface area contributed by atoms with E-state index in [0.29, 0.717) is 0 Å². The number of hydrogen-bond donors (Lipinski definition) is 0. The highest BCUT2D eigenvalue weighted by molar-refractivity contribution is 6.14. The maximum atomic E-state index is 2.59. The third-order valence-electron chi connectivity index (χ3n) is 19.3. The van der Waals surface area contributed by atoms with E-state index in [1.54, 1.807) is 0 Å². The second-order valence-corrected chi connectivity index (χ2v) is 23.3. The topological polar surface area (TPSA) is 8.17 Å². The van der Waals surface area contributed by atoms with Crippen molar-refractivity contribution in [2.45, 2.75) is 10.8 Å². The first kappa shape index (κ1) is 48.5. The van der Waals surface area contributed by atoms with Crippen LogP contribution in [0.1, 0.15) is 44.5 Å². The van der Waals surface area contributed by atoms with Crippen LogP contribution in [0.4, 0.5) is 17.1 Å². The maximum absolute atomic E-state index is 2.59. The molecule has 0 amide bonds. The minimum absolute atomic E-state index is 0.574. The molecule has 1 atom stereocenters. The number of nitrogens with zero attached hydrogens (tertiary/aromatic N) is 2. The molecule has 14 aromatic carbocycles. The van der Waals surface area contributed by atoms with Gasteiger partial charge in [0.05, 0.1) is 44.6 Å². The normalized spacial score (nSPS) is 14.7. The SMILES string of the molecule is c1ccc(-c2cccc(-c3ccccc3N(c3cccc4c3-c3ccccc3C4(c3ccccc3)c3ccccc3)c3ccc(-c4ccc5c(c4)C4(c6ccccc6-5)c5ccccc5-n5c6ccccc6c6cccc4c65)c4ccccc34)c2)cc1. The van der Waals surface area contributed by atoms with Crippen molar-refractivity contribution in [1.29, 1.82) is 0 Å². The lowest BCUT2D eigenvalue weighted by atomic mass is 9.65. The van der Waals surface area contributed by atoms with Crippen molar-refractivity contribution in [3.8, 4) is 61.3 Å². The van der Waals surface area contributed by atoms with Crippen LogP contribution in [0.5, 0.6) is 0 Å². The Balaban J connectivity index is 0.892. The molecule has 3 aliphatic rings. The number of rotatable bonds is 8. The molecule has 2 aliphatic carbocycles. The molecule has 0 saturated heterocycles. The van der Waals surface area contributed by atoms with E-state index in [2.05, 4.69) is 337 Å². The summed E-state index contributed by atoms with van der Waals surface area (Å²) in [6.45, 7) is 0. The molecule has 1 aliphatic heterocycles. The molecule has 400 valence electrons. The maximum Gasteiger partial charge on any atom is 0.0754 e. The van der Waals surface area contributed by atoms with Crippen LogP contribution in [-0.4, -0.2) is 4.57 Å². The Kier molecular flexibility index (Phi) is 10.6. The lowest BCUT2D eigenvalue weighted by Gasteiger charge is -2.39.